The monoisotopic (exact) mass is 220 g/mol. The molecule has 2 aliphatic heterocycles. The molecule has 1 spiro atoms. The van der Waals surface area contributed by atoms with Gasteiger partial charge in [-0.1, -0.05) is 24.8 Å². The highest BCUT2D eigenvalue weighted by atomic mass is 16.6. The van der Waals surface area contributed by atoms with E-state index < -0.39 is 0 Å². The molecule has 88 valence electrons. The lowest BCUT2D eigenvalue weighted by atomic mass is 9.97. The summed E-state index contributed by atoms with van der Waals surface area (Å²) in [5, 5.41) is 3.37. The van der Waals surface area contributed by atoms with E-state index in [9.17, 15) is 0 Å². The van der Waals surface area contributed by atoms with Crippen LogP contribution >= 0.6 is 0 Å². The fourth-order valence-electron chi connectivity index (χ4n) is 2.33. The van der Waals surface area contributed by atoms with E-state index >= 15 is 0 Å². The minimum absolute atomic E-state index is 0.0200. The number of rotatable bonds is 3. The SMILES string of the molecule is C=C/C=C\C=C(/C)N1COC12CCNCC2. The standard InChI is InChI=1S/C13H20N2O/c1-3-4-5-6-12(2)15-11-16-13(15)7-9-14-10-8-13/h3-6,14H,1,7-11H2,2H3/b5-4-,12-6+. The fourth-order valence-corrected chi connectivity index (χ4v) is 2.33. The number of nitrogens with zero attached hydrogens (tertiary/aromatic N) is 1. The van der Waals surface area contributed by atoms with E-state index in [1.807, 2.05) is 12.2 Å². The van der Waals surface area contributed by atoms with Gasteiger partial charge in [0.15, 0.2) is 0 Å². The van der Waals surface area contributed by atoms with Crippen LogP contribution in [0.2, 0.25) is 0 Å². The van der Waals surface area contributed by atoms with Gasteiger partial charge in [-0.2, -0.15) is 0 Å². The first-order valence-electron chi connectivity index (χ1n) is 5.87. The maximum absolute atomic E-state index is 5.80. The van der Waals surface area contributed by atoms with Crippen LogP contribution in [-0.4, -0.2) is 30.4 Å². The number of piperidine rings is 1. The van der Waals surface area contributed by atoms with Crippen molar-refractivity contribution in [3.05, 3.63) is 36.6 Å². The third-order valence-electron chi connectivity index (χ3n) is 3.35. The Kier molecular flexibility index (Phi) is 3.46. The molecule has 3 heteroatoms. The highest BCUT2D eigenvalue weighted by Gasteiger charge is 2.46. The van der Waals surface area contributed by atoms with Gasteiger partial charge >= 0.3 is 0 Å². The van der Waals surface area contributed by atoms with Gasteiger partial charge in [0.05, 0.1) is 0 Å². The van der Waals surface area contributed by atoms with Gasteiger partial charge in [-0.3, -0.25) is 0 Å². The van der Waals surface area contributed by atoms with Crippen LogP contribution in [0, 0.1) is 0 Å². The van der Waals surface area contributed by atoms with E-state index in [0.717, 1.165) is 32.7 Å². The Morgan fingerprint density at radius 1 is 1.38 bits per heavy atom. The van der Waals surface area contributed by atoms with Gasteiger partial charge in [0, 0.05) is 18.5 Å². The molecular formula is C13H20N2O. The molecule has 0 radical (unpaired) electrons. The van der Waals surface area contributed by atoms with Crippen molar-refractivity contribution in [1.29, 1.82) is 0 Å². The number of allylic oxidation sites excluding steroid dienone is 5. The number of nitrogens with one attached hydrogen (secondary N) is 1. The maximum Gasteiger partial charge on any atom is 0.147 e. The van der Waals surface area contributed by atoms with Crippen molar-refractivity contribution in [3.63, 3.8) is 0 Å². The van der Waals surface area contributed by atoms with Crippen molar-refractivity contribution in [3.8, 4) is 0 Å². The average molecular weight is 220 g/mol. The Morgan fingerprint density at radius 2 is 2.12 bits per heavy atom. The van der Waals surface area contributed by atoms with Crippen molar-refractivity contribution < 1.29 is 4.74 Å². The summed E-state index contributed by atoms with van der Waals surface area (Å²) in [7, 11) is 0. The summed E-state index contributed by atoms with van der Waals surface area (Å²) >= 11 is 0. The third kappa shape index (κ3) is 2.06. The molecule has 0 aromatic rings. The van der Waals surface area contributed by atoms with Crippen LogP contribution in [0.25, 0.3) is 0 Å². The van der Waals surface area contributed by atoms with Crippen LogP contribution in [0.15, 0.2) is 36.6 Å². The van der Waals surface area contributed by atoms with E-state index in [0.29, 0.717) is 0 Å². The molecule has 2 rings (SSSR count). The van der Waals surface area contributed by atoms with Crippen molar-refractivity contribution >= 4 is 0 Å². The van der Waals surface area contributed by atoms with Crippen LogP contribution in [0.5, 0.6) is 0 Å². The molecule has 1 N–H and O–H groups in total. The van der Waals surface area contributed by atoms with Gasteiger partial charge in [-0.15, -0.1) is 0 Å². The van der Waals surface area contributed by atoms with Crippen molar-refractivity contribution in [2.75, 3.05) is 19.8 Å². The Hall–Kier alpha value is -1.06. The molecule has 0 aliphatic carbocycles. The topological polar surface area (TPSA) is 24.5 Å². The summed E-state index contributed by atoms with van der Waals surface area (Å²) < 4.78 is 5.80. The highest BCUT2D eigenvalue weighted by Crippen LogP contribution is 2.38. The second kappa shape index (κ2) is 4.85. The zero-order valence-corrected chi connectivity index (χ0v) is 9.91. The lowest BCUT2D eigenvalue weighted by molar-refractivity contribution is -0.294. The molecule has 0 bridgehead atoms. The Labute approximate surface area is 97.5 Å². The smallest absolute Gasteiger partial charge is 0.147 e. The first kappa shape index (κ1) is 11.4. The van der Waals surface area contributed by atoms with E-state index in [4.69, 9.17) is 4.74 Å². The molecule has 0 unspecified atom stereocenters. The molecule has 2 saturated heterocycles. The second-order valence-electron chi connectivity index (χ2n) is 4.33. The summed E-state index contributed by atoms with van der Waals surface area (Å²) in [6, 6.07) is 0. The van der Waals surface area contributed by atoms with Crippen molar-refractivity contribution in [1.82, 2.24) is 10.2 Å². The van der Waals surface area contributed by atoms with Gasteiger partial charge in [0.1, 0.15) is 12.5 Å². The van der Waals surface area contributed by atoms with Crippen molar-refractivity contribution in [2.24, 2.45) is 0 Å². The Bertz CT molecular complexity index is 314. The third-order valence-corrected chi connectivity index (χ3v) is 3.35. The number of ether oxygens (including phenoxy) is 1. The van der Waals surface area contributed by atoms with Crippen LogP contribution < -0.4 is 5.32 Å². The predicted molar refractivity (Wildman–Crippen MR) is 65.7 cm³/mol. The zero-order valence-electron chi connectivity index (χ0n) is 9.91. The zero-order chi connectivity index (χ0) is 11.4. The fraction of sp³-hybridized carbons (Fsp3) is 0.538. The molecule has 0 saturated carbocycles. The molecule has 0 aromatic heterocycles. The largest absolute Gasteiger partial charge is 0.335 e. The molecule has 16 heavy (non-hydrogen) atoms. The number of hydrogen-bond donors (Lipinski definition) is 1. The molecular weight excluding hydrogens is 200 g/mol. The van der Waals surface area contributed by atoms with E-state index in [1.54, 1.807) is 6.08 Å². The first-order chi connectivity index (χ1) is 7.78. The molecule has 0 atom stereocenters. The number of hydrogen-bond acceptors (Lipinski definition) is 3. The van der Waals surface area contributed by atoms with Crippen LogP contribution in [-0.2, 0) is 4.74 Å². The highest BCUT2D eigenvalue weighted by molar-refractivity contribution is 5.16. The molecule has 2 fully saturated rings. The van der Waals surface area contributed by atoms with Gasteiger partial charge in [0.25, 0.3) is 0 Å². The van der Waals surface area contributed by atoms with E-state index in [2.05, 4.69) is 29.8 Å². The lowest BCUT2D eigenvalue weighted by Gasteiger charge is -2.55. The van der Waals surface area contributed by atoms with Gasteiger partial charge in [0.2, 0.25) is 0 Å². The summed E-state index contributed by atoms with van der Waals surface area (Å²) in [6.45, 7) is 8.62. The van der Waals surface area contributed by atoms with E-state index in [-0.39, 0.29) is 5.72 Å². The Morgan fingerprint density at radius 3 is 2.69 bits per heavy atom. The summed E-state index contributed by atoms with van der Waals surface area (Å²) in [6.07, 6.45) is 10.0. The summed E-state index contributed by atoms with van der Waals surface area (Å²) in [4.78, 5) is 2.36. The molecule has 0 amide bonds. The summed E-state index contributed by atoms with van der Waals surface area (Å²) in [5.41, 5.74) is 1.25. The maximum atomic E-state index is 5.80. The lowest BCUT2D eigenvalue weighted by Crippen LogP contribution is -2.64. The molecule has 2 heterocycles. The van der Waals surface area contributed by atoms with Gasteiger partial charge < -0.3 is 15.0 Å². The van der Waals surface area contributed by atoms with E-state index in [1.165, 1.54) is 5.70 Å². The average Bonchev–Trinajstić information content (AvgIpc) is 2.29. The predicted octanol–water partition coefficient (Wildman–Crippen LogP) is 2.00. The van der Waals surface area contributed by atoms with Crippen LogP contribution in [0.3, 0.4) is 0 Å². The quantitative estimate of drug-likeness (QED) is 0.736. The van der Waals surface area contributed by atoms with Crippen LogP contribution in [0.1, 0.15) is 19.8 Å². The normalized spacial score (nSPS) is 24.8. The molecule has 0 aromatic carbocycles. The first-order valence-corrected chi connectivity index (χ1v) is 5.87. The Balaban J connectivity index is 2.01. The molecule has 2 aliphatic rings. The van der Waals surface area contributed by atoms with Crippen molar-refractivity contribution in [2.45, 2.75) is 25.5 Å². The minimum Gasteiger partial charge on any atom is -0.335 e. The van der Waals surface area contributed by atoms with Gasteiger partial charge in [-0.25, -0.2) is 0 Å². The second-order valence-corrected chi connectivity index (χ2v) is 4.33. The summed E-state index contributed by atoms with van der Waals surface area (Å²) in [5.74, 6) is 0. The minimum atomic E-state index is -0.0200. The molecule has 3 nitrogen and oxygen atoms in total. The van der Waals surface area contributed by atoms with Crippen LogP contribution in [0.4, 0.5) is 0 Å². The van der Waals surface area contributed by atoms with Gasteiger partial charge in [-0.05, 0) is 26.1 Å².